The Kier molecular flexibility index (Phi) is 4.25. The van der Waals surface area contributed by atoms with E-state index >= 15 is 0 Å². The van der Waals surface area contributed by atoms with Crippen molar-refractivity contribution >= 4 is 29.1 Å². The molecule has 0 unspecified atom stereocenters. The van der Waals surface area contributed by atoms with Crippen LogP contribution in [0.25, 0.3) is 11.3 Å². The predicted molar refractivity (Wildman–Crippen MR) is 107 cm³/mol. The third-order valence-corrected chi connectivity index (χ3v) is 7.55. The van der Waals surface area contributed by atoms with E-state index in [1.165, 1.54) is 32.1 Å². The number of nitrogens with one attached hydrogen (secondary N) is 1. The van der Waals surface area contributed by atoms with Crippen LogP contribution in [0.2, 0.25) is 10.0 Å². The van der Waals surface area contributed by atoms with Crippen LogP contribution in [0.4, 0.5) is 0 Å². The van der Waals surface area contributed by atoms with Crippen LogP contribution in [0.15, 0.2) is 24.3 Å². The minimum absolute atomic E-state index is 0.161. The molecule has 0 radical (unpaired) electrons. The van der Waals surface area contributed by atoms with Crippen LogP contribution in [-0.2, 0) is 7.05 Å². The number of carbonyl (C=O) groups is 1. The maximum Gasteiger partial charge on any atom is 0.273 e. The minimum Gasteiger partial charge on any atom is -0.347 e. The van der Waals surface area contributed by atoms with Gasteiger partial charge in [-0.15, -0.1) is 0 Å². The van der Waals surface area contributed by atoms with Gasteiger partial charge in [0.25, 0.3) is 5.91 Å². The van der Waals surface area contributed by atoms with E-state index in [1.54, 1.807) is 11.7 Å². The number of rotatable bonds is 3. The monoisotopic (exact) mass is 403 g/mol. The Balaban J connectivity index is 1.42. The first-order valence-electron chi connectivity index (χ1n) is 9.79. The Bertz CT molecular complexity index is 879. The Hall–Kier alpha value is -1.52. The van der Waals surface area contributed by atoms with Crippen molar-refractivity contribution in [2.75, 3.05) is 0 Å². The summed E-state index contributed by atoms with van der Waals surface area (Å²) in [5.41, 5.74) is 1.76. The second kappa shape index (κ2) is 6.52. The van der Waals surface area contributed by atoms with Gasteiger partial charge in [-0.25, -0.2) is 0 Å². The number of amides is 1. The number of aromatic nitrogens is 2. The molecule has 1 aromatic carbocycles. The third-order valence-electron chi connectivity index (χ3n) is 6.86. The average Bonchev–Trinajstić information content (AvgIpc) is 2.92. The molecule has 1 amide bonds. The lowest BCUT2D eigenvalue weighted by molar-refractivity contribution is -0.0120. The Morgan fingerprint density at radius 3 is 2.33 bits per heavy atom. The van der Waals surface area contributed by atoms with Gasteiger partial charge in [0.15, 0.2) is 5.69 Å². The third kappa shape index (κ3) is 2.89. The number of nitrogens with zero attached hydrogens (tertiary/aromatic N) is 2. The molecule has 4 nitrogen and oxygen atoms in total. The van der Waals surface area contributed by atoms with Crippen LogP contribution in [0.5, 0.6) is 0 Å². The second-order valence-corrected chi connectivity index (χ2v) is 9.33. The van der Waals surface area contributed by atoms with Crippen molar-refractivity contribution in [2.45, 2.75) is 38.1 Å². The van der Waals surface area contributed by atoms with E-state index in [0.29, 0.717) is 33.3 Å². The molecule has 1 heterocycles. The zero-order valence-electron chi connectivity index (χ0n) is 15.3. The largest absolute Gasteiger partial charge is 0.347 e. The summed E-state index contributed by atoms with van der Waals surface area (Å²) in [6, 6.07) is 7.75. The van der Waals surface area contributed by atoms with Crippen molar-refractivity contribution in [3.05, 3.63) is 40.0 Å². The lowest BCUT2D eigenvalue weighted by Crippen LogP contribution is -2.55. The molecule has 2 aromatic rings. The Labute approximate surface area is 169 Å². The van der Waals surface area contributed by atoms with Crippen molar-refractivity contribution in [2.24, 2.45) is 30.7 Å². The molecule has 1 aromatic heterocycles. The fourth-order valence-corrected chi connectivity index (χ4v) is 6.54. The fraction of sp³-hybridized carbons (Fsp3) is 0.524. The molecule has 4 saturated carbocycles. The average molecular weight is 404 g/mol. The van der Waals surface area contributed by atoms with E-state index in [-0.39, 0.29) is 11.9 Å². The standard InChI is InChI=1S/C21H23Cl2N3O/c1-26-20(15-4-2-3-5-16(15)22)17(23)19(25-26)21(27)24-18-13-7-11-6-12(9-13)10-14(18)8-11/h2-5,11-14,18H,6-10H2,1H3,(H,24,27). The van der Waals surface area contributed by atoms with E-state index in [9.17, 15) is 4.79 Å². The minimum atomic E-state index is -0.161. The van der Waals surface area contributed by atoms with Crippen molar-refractivity contribution < 1.29 is 4.79 Å². The highest BCUT2D eigenvalue weighted by Gasteiger charge is 2.48. The molecule has 4 aliphatic rings. The second-order valence-electron chi connectivity index (χ2n) is 8.54. The SMILES string of the molecule is Cn1nc(C(=O)NC2C3CC4CC(C3)CC2C4)c(Cl)c1-c1ccccc1Cl. The highest BCUT2D eigenvalue weighted by Crippen LogP contribution is 2.53. The molecule has 27 heavy (non-hydrogen) atoms. The zero-order valence-corrected chi connectivity index (χ0v) is 16.8. The molecular formula is C21H23Cl2N3O. The molecule has 4 bridgehead atoms. The van der Waals surface area contributed by atoms with E-state index in [4.69, 9.17) is 23.2 Å². The zero-order chi connectivity index (χ0) is 18.7. The Morgan fingerprint density at radius 1 is 1.07 bits per heavy atom. The van der Waals surface area contributed by atoms with Gasteiger partial charge in [-0.05, 0) is 61.8 Å². The molecule has 6 heteroatoms. The van der Waals surface area contributed by atoms with Crippen LogP contribution in [-0.4, -0.2) is 21.7 Å². The van der Waals surface area contributed by atoms with Crippen LogP contribution >= 0.6 is 23.2 Å². The number of carbonyl (C=O) groups excluding carboxylic acids is 1. The topological polar surface area (TPSA) is 46.9 Å². The first-order chi connectivity index (χ1) is 13.0. The molecule has 0 spiro atoms. The summed E-state index contributed by atoms with van der Waals surface area (Å²) in [6.07, 6.45) is 6.45. The van der Waals surface area contributed by atoms with Crippen LogP contribution in [0.1, 0.15) is 42.6 Å². The lowest BCUT2D eigenvalue weighted by atomic mass is 9.54. The lowest BCUT2D eigenvalue weighted by Gasteiger charge is -2.54. The van der Waals surface area contributed by atoms with E-state index in [2.05, 4.69) is 10.4 Å². The molecule has 0 atom stereocenters. The summed E-state index contributed by atoms with van der Waals surface area (Å²) in [5.74, 6) is 2.84. The van der Waals surface area contributed by atoms with Crippen LogP contribution in [0, 0.1) is 23.7 Å². The Morgan fingerprint density at radius 2 is 1.70 bits per heavy atom. The molecule has 4 aliphatic carbocycles. The summed E-state index contributed by atoms with van der Waals surface area (Å²) in [6.45, 7) is 0. The van der Waals surface area contributed by atoms with Gasteiger partial charge in [0.1, 0.15) is 0 Å². The smallest absolute Gasteiger partial charge is 0.273 e. The van der Waals surface area contributed by atoms with Crippen molar-refractivity contribution in [1.29, 1.82) is 0 Å². The van der Waals surface area contributed by atoms with Gasteiger partial charge in [-0.3, -0.25) is 9.48 Å². The molecule has 6 rings (SSSR count). The molecule has 0 aliphatic heterocycles. The fourth-order valence-electron chi connectivity index (χ4n) is 5.97. The highest BCUT2D eigenvalue weighted by molar-refractivity contribution is 6.38. The van der Waals surface area contributed by atoms with Gasteiger partial charge >= 0.3 is 0 Å². The van der Waals surface area contributed by atoms with Crippen LogP contribution in [0.3, 0.4) is 0 Å². The van der Waals surface area contributed by atoms with Gasteiger partial charge in [0.2, 0.25) is 0 Å². The summed E-state index contributed by atoms with van der Waals surface area (Å²) < 4.78 is 1.65. The van der Waals surface area contributed by atoms with Gasteiger partial charge in [-0.2, -0.15) is 5.10 Å². The predicted octanol–water partition coefficient (Wildman–Crippen LogP) is 4.95. The summed E-state index contributed by atoms with van der Waals surface area (Å²) in [4.78, 5) is 13.0. The van der Waals surface area contributed by atoms with Gasteiger partial charge in [-0.1, -0.05) is 41.4 Å². The van der Waals surface area contributed by atoms with Crippen molar-refractivity contribution in [3.8, 4) is 11.3 Å². The van der Waals surface area contributed by atoms with Crippen LogP contribution < -0.4 is 5.32 Å². The molecule has 1 N–H and O–H groups in total. The number of halogens is 2. The van der Waals surface area contributed by atoms with Crippen molar-refractivity contribution in [1.82, 2.24) is 15.1 Å². The van der Waals surface area contributed by atoms with E-state index in [0.717, 1.165) is 17.4 Å². The highest BCUT2D eigenvalue weighted by atomic mass is 35.5. The summed E-state index contributed by atoms with van der Waals surface area (Å²) >= 11 is 12.9. The molecular weight excluding hydrogens is 381 g/mol. The molecule has 4 fully saturated rings. The first-order valence-corrected chi connectivity index (χ1v) is 10.5. The quantitative estimate of drug-likeness (QED) is 0.787. The normalized spacial score (nSPS) is 31.3. The summed E-state index contributed by atoms with van der Waals surface area (Å²) in [7, 11) is 1.80. The van der Waals surface area contributed by atoms with Gasteiger partial charge < -0.3 is 5.32 Å². The maximum absolute atomic E-state index is 13.0. The first kappa shape index (κ1) is 17.6. The van der Waals surface area contributed by atoms with Gasteiger partial charge in [0.05, 0.1) is 10.7 Å². The number of hydrogen-bond acceptors (Lipinski definition) is 2. The van der Waals surface area contributed by atoms with Crippen molar-refractivity contribution in [3.63, 3.8) is 0 Å². The summed E-state index contributed by atoms with van der Waals surface area (Å²) in [5, 5.41) is 8.68. The number of hydrogen-bond donors (Lipinski definition) is 1. The van der Waals surface area contributed by atoms with Gasteiger partial charge in [0, 0.05) is 23.7 Å². The molecule has 142 valence electrons. The number of aryl methyl sites for hydroxylation is 1. The maximum atomic E-state index is 13.0. The van der Waals surface area contributed by atoms with E-state index in [1.807, 2.05) is 24.3 Å². The molecule has 0 saturated heterocycles. The van der Waals surface area contributed by atoms with E-state index < -0.39 is 0 Å². The number of benzene rings is 1.